The van der Waals surface area contributed by atoms with Crippen LogP contribution in [0.15, 0.2) is 12.3 Å². The lowest BCUT2D eigenvalue weighted by Gasteiger charge is -1.98. The molecule has 0 aliphatic carbocycles. The van der Waals surface area contributed by atoms with E-state index in [1.165, 1.54) is 12.3 Å². The maximum Gasteiger partial charge on any atom is 0.337 e. The largest absolute Gasteiger partial charge is 0.478 e. The Labute approximate surface area is 70.1 Å². The molecule has 1 aromatic heterocycles. The molecule has 0 aliphatic rings. The van der Waals surface area contributed by atoms with Crippen LogP contribution in [0.25, 0.3) is 0 Å². The number of carboxylic acid groups (broad SMARTS) is 1. The minimum atomic E-state index is -1.00. The number of aryl methyl sites for hydroxylation is 1. The van der Waals surface area contributed by atoms with Crippen LogP contribution in [0.1, 0.15) is 21.6 Å². The number of hydrogen-bond acceptors (Lipinski definition) is 2. The summed E-state index contributed by atoms with van der Waals surface area (Å²) in [6.45, 7) is 1.63. The summed E-state index contributed by atoms with van der Waals surface area (Å²) in [7, 11) is 0. The molecule has 1 heterocycles. The molecule has 0 spiro atoms. The average Bonchev–Trinajstić information content (AvgIpc) is 2.05. The van der Waals surface area contributed by atoms with Gasteiger partial charge >= 0.3 is 5.97 Å². The van der Waals surface area contributed by atoms with E-state index in [2.05, 4.69) is 10.9 Å². The van der Waals surface area contributed by atoms with Crippen LogP contribution in [0.3, 0.4) is 0 Å². The highest BCUT2D eigenvalue weighted by Crippen LogP contribution is 2.06. The van der Waals surface area contributed by atoms with Gasteiger partial charge in [-0.15, -0.1) is 6.42 Å². The molecule has 0 unspecified atom stereocenters. The maximum absolute atomic E-state index is 10.6. The van der Waals surface area contributed by atoms with E-state index >= 15 is 0 Å². The fourth-order valence-corrected chi connectivity index (χ4v) is 0.829. The number of nitrogens with zero attached hydrogens (tertiary/aromatic N) is 1. The molecule has 12 heavy (non-hydrogen) atoms. The summed E-state index contributed by atoms with van der Waals surface area (Å²) in [5, 5.41) is 8.68. The summed E-state index contributed by atoms with van der Waals surface area (Å²) in [6.07, 6.45) is 6.56. The first-order valence-electron chi connectivity index (χ1n) is 3.31. The van der Waals surface area contributed by atoms with Gasteiger partial charge in [-0.3, -0.25) is 4.98 Å². The van der Waals surface area contributed by atoms with Gasteiger partial charge in [0, 0.05) is 11.8 Å². The van der Waals surface area contributed by atoms with Gasteiger partial charge in [-0.1, -0.05) is 5.92 Å². The van der Waals surface area contributed by atoms with Crippen LogP contribution < -0.4 is 0 Å². The number of aromatic carboxylic acids is 1. The fraction of sp³-hybridized carbons (Fsp3) is 0.111. The molecule has 60 valence electrons. The van der Waals surface area contributed by atoms with Crippen molar-refractivity contribution in [1.82, 2.24) is 4.98 Å². The number of carboxylic acids is 1. The van der Waals surface area contributed by atoms with Gasteiger partial charge in [0.1, 0.15) is 0 Å². The van der Waals surface area contributed by atoms with Crippen molar-refractivity contribution in [1.29, 1.82) is 0 Å². The third-order valence-electron chi connectivity index (χ3n) is 1.48. The first-order chi connectivity index (χ1) is 5.65. The van der Waals surface area contributed by atoms with Crippen LogP contribution in [-0.2, 0) is 0 Å². The second-order valence-corrected chi connectivity index (χ2v) is 2.31. The second kappa shape index (κ2) is 3.05. The van der Waals surface area contributed by atoms with Crippen molar-refractivity contribution in [3.63, 3.8) is 0 Å². The van der Waals surface area contributed by atoms with E-state index < -0.39 is 5.97 Å². The maximum atomic E-state index is 10.6. The van der Waals surface area contributed by atoms with E-state index in [1.807, 2.05) is 0 Å². The molecule has 0 amide bonds. The first-order valence-corrected chi connectivity index (χ1v) is 3.31. The monoisotopic (exact) mass is 161 g/mol. The van der Waals surface area contributed by atoms with Crippen LogP contribution in [0, 0.1) is 19.3 Å². The summed E-state index contributed by atoms with van der Waals surface area (Å²) in [5.74, 6) is 1.32. The Hall–Kier alpha value is -1.82. The van der Waals surface area contributed by atoms with Gasteiger partial charge in [0.2, 0.25) is 0 Å². The highest BCUT2D eigenvalue weighted by Gasteiger charge is 2.07. The summed E-state index contributed by atoms with van der Waals surface area (Å²) in [4.78, 5) is 14.4. The molecule has 0 aromatic carbocycles. The molecule has 0 aliphatic heterocycles. The molecule has 0 fully saturated rings. The van der Waals surface area contributed by atoms with Crippen molar-refractivity contribution in [2.75, 3.05) is 0 Å². The Morgan fingerprint density at radius 2 is 2.42 bits per heavy atom. The molecule has 0 saturated carbocycles. The second-order valence-electron chi connectivity index (χ2n) is 2.31. The van der Waals surface area contributed by atoms with Crippen molar-refractivity contribution in [2.45, 2.75) is 6.92 Å². The van der Waals surface area contributed by atoms with E-state index in [-0.39, 0.29) is 5.56 Å². The topological polar surface area (TPSA) is 50.2 Å². The number of terminal acetylenes is 1. The summed E-state index contributed by atoms with van der Waals surface area (Å²) in [6, 6.07) is 1.44. The summed E-state index contributed by atoms with van der Waals surface area (Å²) >= 11 is 0. The molecule has 3 nitrogen and oxygen atoms in total. The molecule has 0 atom stereocenters. The van der Waals surface area contributed by atoms with E-state index in [4.69, 9.17) is 11.5 Å². The quantitative estimate of drug-likeness (QED) is 0.627. The van der Waals surface area contributed by atoms with Gasteiger partial charge in [-0.25, -0.2) is 4.79 Å². The lowest BCUT2D eigenvalue weighted by Crippen LogP contribution is -2.01. The predicted octanol–water partition coefficient (Wildman–Crippen LogP) is 1.07. The van der Waals surface area contributed by atoms with Crippen LogP contribution >= 0.6 is 0 Å². The Morgan fingerprint density at radius 1 is 1.75 bits per heavy atom. The van der Waals surface area contributed by atoms with Gasteiger partial charge in [0.15, 0.2) is 0 Å². The SMILES string of the molecule is C#Cc1cnc(C)c(C(=O)O)c1. The Morgan fingerprint density at radius 3 is 2.92 bits per heavy atom. The minimum absolute atomic E-state index is 0.158. The predicted molar refractivity (Wildman–Crippen MR) is 43.9 cm³/mol. The normalized spacial score (nSPS) is 9.00. The van der Waals surface area contributed by atoms with Crippen molar-refractivity contribution in [2.24, 2.45) is 0 Å². The first kappa shape index (κ1) is 8.28. The zero-order chi connectivity index (χ0) is 9.14. The lowest BCUT2D eigenvalue weighted by atomic mass is 10.1. The van der Waals surface area contributed by atoms with Crippen LogP contribution in [0.4, 0.5) is 0 Å². The van der Waals surface area contributed by atoms with Crippen molar-refractivity contribution in [3.8, 4) is 12.3 Å². The highest BCUT2D eigenvalue weighted by molar-refractivity contribution is 5.89. The third kappa shape index (κ3) is 1.43. The molecule has 1 N–H and O–H groups in total. The minimum Gasteiger partial charge on any atom is -0.478 e. The number of carbonyl (C=O) groups is 1. The highest BCUT2D eigenvalue weighted by atomic mass is 16.4. The summed E-state index contributed by atoms with van der Waals surface area (Å²) in [5.41, 5.74) is 1.12. The molecule has 3 heteroatoms. The number of pyridine rings is 1. The summed E-state index contributed by atoms with van der Waals surface area (Å²) < 4.78 is 0. The van der Waals surface area contributed by atoms with Crippen LogP contribution in [0.5, 0.6) is 0 Å². The standard InChI is InChI=1S/C9H7NO2/c1-3-7-4-8(9(11)12)6(2)10-5-7/h1,4-5H,2H3,(H,11,12). The van der Waals surface area contributed by atoms with Gasteiger partial charge in [0.05, 0.1) is 11.3 Å². The van der Waals surface area contributed by atoms with E-state index in [9.17, 15) is 4.79 Å². The molecule has 0 saturated heterocycles. The molecular weight excluding hydrogens is 154 g/mol. The zero-order valence-electron chi connectivity index (χ0n) is 6.53. The smallest absolute Gasteiger partial charge is 0.337 e. The van der Waals surface area contributed by atoms with Crippen molar-refractivity contribution < 1.29 is 9.90 Å². The zero-order valence-corrected chi connectivity index (χ0v) is 6.53. The molecule has 1 rings (SSSR count). The molecule has 1 aromatic rings. The number of aromatic nitrogens is 1. The Kier molecular flexibility index (Phi) is 2.11. The van der Waals surface area contributed by atoms with E-state index in [0.29, 0.717) is 11.3 Å². The number of rotatable bonds is 1. The van der Waals surface area contributed by atoms with Crippen molar-refractivity contribution in [3.05, 3.63) is 29.1 Å². The lowest BCUT2D eigenvalue weighted by molar-refractivity contribution is 0.0695. The van der Waals surface area contributed by atoms with E-state index in [1.54, 1.807) is 6.92 Å². The molecule has 0 bridgehead atoms. The third-order valence-corrected chi connectivity index (χ3v) is 1.48. The van der Waals surface area contributed by atoms with Crippen molar-refractivity contribution >= 4 is 5.97 Å². The molecule has 0 radical (unpaired) electrons. The Bertz CT molecular complexity index is 363. The Balaban J connectivity index is 3.28. The number of hydrogen-bond donors (Lipinski definition) is 1. The van der Waals surface area contributed by atoms with Gasteiger partial charge < -0.3 is 5.11 Å². The van der Waals surface area contributed by atoms with Crippen LogP contribution in [-0.4, -0.2) is 16.1 Å². The van der Waals surface area contributed by atoms with E-state index in [0.717, 1.165) is 0 Å². The van der Waals surface area contributed by atoms with Gasteiger partial charge in [-0.2, -0.15) is 0 Å². The molecular formula is C9H7NO2. The fourth-order valence-electron chi connectivity index (χ4n) is 0.829. The average molecular weight is 161 g/mol. The van der Waals surface area contributed by atoms with Gasteiger partial charge in [-0.05, 0) is 13.0 Å². The van der Waals surface area contributed by atoms with Crippen LogP contribution in [0.2, 0.25) is 0 Å². The van der Waals surface area contributed by atoms with Gasteiger partial charge in [0.25, 0.3) is 0 Å².